The van der Waals surface area contributed by atoms with Gasteiger partial charge in [-0.1, -0.05) is 35.0 Å². The first-order valence-corrected chi connectivity index (χ1v) is 7.82. The SMILES string of the molecule is CCNC(=O)CSc1nnc(-c2cc(Cl)ccc2Cl)n1N. The monoisotopic (exact) mass is 345 g/mol. The maximum absolute atomic E-state index is 11.4. The van der Waals surface area contributed by atoms with Crippen LogP contribution in [0.1, 0.15) is 6.92 Å². The number of hydrogen-bond donors (Lipinski definition) is 2. The molecule has 0 saturated carbocycles. The van der Waals surface area contributed by atoms with Crippen molar-refractivity contribution in [3.05, 3.63) is 28.2 Å². The molecule has 0 bridgehead atoms. The second-order valence-electron chi connectivity index (χ2n) is 4.04. The minimum Gasteiger partial charge on any atom is -0.356 e. The average molecular weight is 346 g/mol. The van der Waals surface area contributed by atoms with Gasteiger partial charge in [0, 0.05) is 17.1 Å². The Morgan fingerprint density at radius 1 is 1.43 bits per heavy atom. The smallest absolute Gasteiger partial charge is 0.230 e. The largest absolute Gasteiger partial charge is 0.356 e. The maximum Gasteiger partial charge on any atom is 0.230 e. The van der Waals surface area contributed by atoms with Gasteiger partial charge in [0.15, 0.2) is 5.82 Å². The predicted octanol–water partition coefficient (Wildman–Crippen LogP) is 2.19. The quantitative estimate of drug-likeness (QED) is 0.640. The summed E-state index contributed by atoms with van der Waals surface area (Å²) in [5.74, 6) is 6.47. The summed E-state index contributed by atoms with van der Waals surface area (Å²) >= 11 is 13.3. The highest BCUT2D eigenvalue weighted by Crippen LogP contribution is 2.30. The molecule has 0 saturated heterocycles. The third-order valence-corrected chi connectivity index (χ3v) is 4.05. The minimum atomic E-state index is -0.0900. The molecule has 2 aromatic rings. The van der Waals surface area contributed by atoms with Gasteiger partial charge in [-0.3, -0.25) is 4.79 Å². The third kappa shape index (κ3) is 3.81. The summed E-state index contributed by atoms with van der Waals surface area (Å²) in [6.07, 6.45) is 0. The van der Waals surface area contributed by atoms with Crippen molar-refractivity contribution >= 4 is 40.9 Å². The summed E-state index contributed by atoms with van der Waals surface area (Å²) in [4.78, 5) is 11.4. The minimum absolute atomic E-state index is 0.0900. The zero-order valence-electron chi connectivity index (χ0n) is 11.1. The molecule has 0 fully saturated rings. The van der Waals surface area contributed by atoms with Gasteiger partial charge in [-0.2, -0.15) is 0 Å². The molecule has 0 atom stereocenters. The van der Waals surface area contributed by atoms with Gasteiger partial charge in [-0.25, -0.2) is 4.68 Å². The van der Waals surface area contributed by atoms with Crippen LogP contribution in [0.25, 0.3) is 11.4 Å². The zero-order chi connectivity index (χ0) is 15.4. The number of nitrogen functional groups attached to an aromatic ring is 1. The van der Waals surface area contributed by atoms with Gasteiger partial charge < -0.3 is 11.2 Å². The lowest BCUT2D eigenvalue weighted by Gasteiger charge is -2.06. The van der Waals surface area contributed by atoms with Crippen molar-refractivity contribution in [3.63, 3.8) is 0 Å². The van der Waals surface area contributed by atoms with Crippen LogP contribution in [0, 0.1) is 0 Å². The number of thioether (sulfide) groups is 1. The van der Waals surface area contributed by atoms with Crippen molar-refractivity contribution in [2.75, 3.05) is 18.1 Å². The van der Waals surface area contributed by atoms with E-state index in [0.29, 0.717) is 33.1 Å². The van der Waals surface area contributed by atoms with Crippen LogP contribution in [0.5, 0.6) is 0 Å². The number of aromatic nitrogens is 3. The standard InChI is InChI=1S/C12H13Cl2N5OS/c1-2-16-10(20)6-21-12-18-17-11(19(12)15)8-5-7(13)3-4-9(8)14/h3-5H,2,6,15H2,1H3,(H,16,20). The van der Waals surface area contributed by atoms with Gasteiger partial charge in [0.1, 0.15) is 0 Å². The summed E-state index contributed by atoms with van der Waals surface area (Å²) in [6.45, 7) is 2.44. The predicted molar refractivity (Wildman–Crippen MR) is 85.0 cm³/mol. The van der Waals surface area contributed by atoms with Crippen molar-refractivity contribution in [3.8, 4) is 11.4 Å². The fourth-order valence-electron chi connectivity index (χ4n) is 1.61. The number of amides is 1. The molecule has 112 valence electrons. The third-order valence-electron chi connectivity index (χ3n) is 2.54. The van der Waals surface area contributed by atoms with Crippen molar-refractivity contribution in [2.24, 2.45) is 0 Å². The van der Waals surface area contributed by atoms with Crippen molar-refractivity contribution in [2.45, 2.75) is 12.1 Å². The number of nitrogens with one attached hydrogen (secondary N) is 1. The van der Waals surface area contributed by atoms with Crippen LogP contribution in [0.3, 0.4) is 0 Å². The first-order chi connectivity index (χ1) is 10.0. The molecule has 1 aromatic carbocycles. The number of nitrogens with two attached hydrogens (primary N) is 1. The first kappa shape index (κ1) is 15.9. The fraction of sp³-hybridized carbons (Fsp3) is 0.250. The van der Waals surface area contributed by atoms with Crippen LogP contribution in [0.2, 0.25) is 10.0 Å². The summed E-state index contributed by atoms with van der Waals surface area (Å²) in [5.41, 5.74) is 0.587. The van der Waals surface area contributed by atoms with Crippen LogP contribution < -0.4 is 11.2 Å². The number of rotatable bonds is 5. The van der Waals surface area contributed by atoms with Gasteiger partial charge in [0.25, 0.3) is 0 Å². The molecule has 1 aromatic heterocycles. The second kappa shape index (κ2) is 7.02. The van der Waals surface area contributed by atoms with Gasteiger partial charge >= 0.3 is 0 Å². The molecule has 1 amide bonds. The fourth-order valence-corrected chi connectivity index (χ4v) is 2.67. The number of benzene rings is 1. The molecule has 6 nitrogen and oxygen atoms in total. The number of carbonyl (C=O) groups excluding carboxylic acids is 1. The normalized spacial score (nSPS) is 10.6. The molecular formula is C12H13Cl2N5OS. The highest BCUT2D eigenvalue weighted by Gasteiger charge is 2.16. The lowest BCUT2D eigenvalue weighted by molar-refractivity contribution is -0.118. The summed E-state index contributed by atoms with van der Waals surface area (Å²) in [5, 5.41) is 12.1. The number of hydrogen-bond acceptors (Lipinski definition) is 5. The lowest BCUT2D eigenvalue weighted by atomic mass is 10.2. The van der Waals surface area contributed by atoms with Crippen LogP contribution in [-0.2, 0) is 4.79 Å². The van der Waals surface area contributed by atoms with E-state index in [4.69, 9.17) is 29.0 Å². The Morgan fingerprint density at radius 2 is 2.19 bits per heavy atom. The number of halogens is 2. The Bertz CT molecular complexity index is 661. The highest BCUT2D eigenvalue weighted by atomic mass is 35.5. The van der Waals surface area contributed by atoms with Crippen LogP contribution >= 0.6 is 35.0 Å². The van der Waals surface area contributed by atoms with E-state index in [1.54, 1.807) is 18.2 Å². The Balaban J connectivity index is 2.20. The lowest BCUT2D eigenvalue weighted by Crippen LogP contribution is -2.24. The summed E-state index contributed by atoms with van der Waals surface area (Å²) in [7, 11) is 0. The topological polar surface area (TPSA) is 85.8 Å². The summed E-state index contributed by atoms with van der Waals surface area (Å²) in [6, 6.07) is 5.00. The van der Waals surface area contributed by atoms with Crippen LogP contribution in [0.15, 0.2) is 23.4 Å². The summed E-state index contributed by atoms with van der Waals surface area (Å²) < 4.78 is 1.29. The Labute approximate surface area is 136 Å². The van der Waals surface area contributed by atoms with E-state index < -0.39 is 0 Å². The van der Waals surface area contributed by atoms with E-state index >= 15 is 0 Å². The van der Waals surface area contributed by atoms with Gasteiger partial charge in [0.2, 0.25) is 11.1 Å². The molecule has 1 heterocycles. The van der Waals surface area contributed by atoms with Gasteiger partial charge in [0.05, 0.1) is 10.8 Å². The van der Waals surface area contributed by atoms with Gasteiger partial charge in [-0.15, -0.1) is 10.2 Å². The average Bonchev–Trinajstić information content (AvgIpc) is 2.81. The maximum atomic E-state index is 11.4. The van der Waals surface area contributed by atoms with Crippen LogP contribution in [-0.4, -0.2) is 33.1 Å². The molecule has 9 heteroatoms. The molecule has 0 radical (unpaired) electrons. The molecule has 2 rings (SSSR count). The molecular weight excluding hydrogens is 333 g/mol. The van der Waals surface area contributed by atoms with Crippen molar-refractivity contribution < 1.29 is 4.79 Å². The second-order valence-corrected chi connectivity index (χ2v) is 5.83. The van der Waals surface area contributed by atoms with Crippen molar-refractivity contribution in [1.82, 2.24) is 20.2 Å². The Kier molecular flexibility index (Phi) is 5.33. The Morgan fingerprint density at radius 3 is 2.90 bits per heavy atom. The number of nitrogens with zero attached hydrogens (tertiary/aromatic N) is 3. The van der Waals surface area contributed by atoms with E-state index in [-0.39, 0.29) is 11.7 Å². The molecule has 0 aliphatic rings. The molecule has 3 N–H and O–H groups in total. The highest BCUT2D eigenvalue weighted by molar-refractivity contribution is 7.99. The molecule has 21 heavy (non-hydrogen) atoms. The van der Waals surface area contributed by atoms with E-state index in [2.05, 4.69) is 15.5 Å². The first-order valence-electron chi connectivity index (χ1n) is 6.08. The van der Waals surface area contributed by atoms with Crippen molar-refractivity contribution in [1.29, 1.82) is 0 Å². The van der Waals surface area contributed by atoms with E-state index in [9.17, 15) is 4.79 Å². The van der Waals surface area contributed by atoms with E-state index in [1.165, 1.54) is 16.4 Å². The van der Waals surface area contributed by atoms with Crippen LogP contribution in [0.4, 0.5) is 0 Å². The molecule has 0 spiro atoms. The Hall–Kier alpha value is -1.44. The van der Waals surface area contributed by atoms with E-state index in [0.717, 1.165) is 0 Å². The molecule has 0 unspecified atom stereocenters. The number of carbonyl (C=O) groups is 1. The molecule has 0 aliphatic carbocycles. The van der Waals surface area contributed by atoms with E-state index in [1.807, 2.05) is 6.92 Å². The molecule has 0 aliphatic heterocycles. The zero-order valence-corrected chi connectivity index (χ0v) is 13.5. The van der Waals surface area contributed by atoms with Gasteiger partial charge in [-0.05, 0) is 25.1 Å².